The zero-order valence-corrected chi connectivity index (χ0v) is 12.3. The van der Waals surface area contributed by atoms with Crippen LogP contribution in [0.1, 0.15) is 44.9 Å². The standard InChI is InChI=1S/C14H20BrN3/c15-12-9-16-10-17-14(12)18-8-4-3-6-11-5-1-2-7-13(11)18/h9-11,13H,1-8H2/t11-,13-/m1/s1. The van der Waals surface area contributed by atoms with Crippen molar-refractivity contribution in [1.29, 1.82) is 0 Å². The van der Waals surface area contributed by atoms with E-state index in [0.29, 0.717) is 6.04 Å². The Hall–Kier alpha value is -0.640. The van der Waals surface area contributed by atoms with Gasteiger partial charge in [0.2, 0.25) is 0 Å². The van der Waals surface area contributed by atoms with Crippen LogP contribution >= 0.6 is 15.9 Å². The van der Waals surface area contributed by atoms with Gasteiger partial charge in [-0.25, -0.2) is 9.97 Å². The lowest BCUT2D eigenvalue weighted by molar-refractivity contribution is 0.290. The summed E-state index contributed by atoms with van der Waals surface area (Å²) in [5, 5.41) is 0. The lowest BCUT2D eigenvalue weighted by atomic mass is 9.82. The van der Waals surface area contributed by atoms with Gasteiger partial charge in [-0.3, -0.25) is 0 Å². The first-order chi connectivity index (χ1) is 8.86. The Morgan fingerprint density at radius 3 is 2.72 bits per heavy atom. The van der Waals surface area contributed by atoms with Crippen LogP contribution in [0.5, 0.6) is 0 Å². The minimum Gasteiger partial charge on any atom is -0.352 e. The van der Waals surface area contributed by atoms with E-state index in [1.54, 1.807) is 6.33 Å². The van der Waals surface area contributed by atoms with E-state index in [0.717, 1.165) is 22.8 Å². The maximum absolute atomic E-state index is 4.50. The SMILES string of the molecule is Brc1cncnc1N1CCCC[C@H]2CCCC[C@H]21. The Labute approximate surface area is 117 Å². The summed E-state index contributed by atoms with van der Waals surface area (Å²) < 4.78 is 1.04. The Morgan fingerprint density at radius 1 is 1.11 bits per heavy atom. The van der Waals surface area contributed by atoms with Crippen molar-refractivity contribution in [1.82, 2.24) is 9.97 Å². The van der Waals surface area contributed by atoms with Gasteiger partial charge < -0.3 is 4.90 Å². The number of rotatable bonds is 1. The molecule has 3 nitrogen and oxygen atoms in total. The lowest BCUT2D eigenvalue weighted by Gasteiger charge is -2.39. The average Bonchev–Trinajstić information content (AvgIpc) is 2.62. The number of hydrogen-bond acceptors (Lipinski definition) is 3. The Morgan fingerprint density at radius 2 is 1.89 bits per heavy atom. The Kier molecular flexibility index (Phi) is 3.83. The van der Waals surface area contributed by atoms with Crippen LogP contribution in [0.3, 0.4) is 0 Å². The van der Waals surface area contributed by atoms with Crippen LogP contribution in [0, 0.1) is 5.92 Å². The van der Waals surface area contributed by atoms with Crippen molar-refractivity contribution in [3.63, 3.8) is 0 Å². The van der Waals surface area contributed by atoms with E-state index in [9.17, 15) is 0 Å². The first kappa shape index (κ1) is 12.4. The average molecular weight is 310 g/mol. The molecule has 4 heteroatoms. The largest absolute Gasteiger partial charge is 0.352 e. The summed E-state index contributed by atoms with van der Waals surface area (Å²) in [6.45, 7) is 1.15. The third-order valence-electron chi connectivity index (χ3n) is 4.41. The molecule has 98 valence electrons. The maximum atomic E-state index is 4.50. The van der Waals surface area contributed by atoms with Crippen LogP contribution in [-0.4, -0.2) is 22.6 Å². The minimum atomic E-state index is 0.701. The molecule has 0 N–H and O–H groups in total. The fourth-order valence-electron chi connectivity index (χ4n) is 3.57. The van der Waals surface area contributed by atoms with E-state index in [-0.39, 0.29) is 0 Å². The molecule has 18 heavy (non-hydrogen) atoms. The summed E-state index contributed by atoms with van der Waals surface area (Å²) in [5.41, 5.74) is 0. The molecule has 1 aromatic rings. The predicted molar refractivity (Wildman–Crippen MR) is 76.7 cm³/mol. The summed E-state index contributed by atoms with van der Waals surface area (Å²) >= 11 is 3.61. The third-order valence-corrected chi connectivity index (χ3v) is 4.97. The van der Waals surface area contributed by atoms with Crippen LogP contribution in [0.25, 0.3) is 0 Å². The Bertz CT molecular complexity index is 410. The maximum Gasteiger partial charge on any atom is 0.146 e. The quantitative estimate of drug-likeness (QED) is 0.790. The smallest absolute Gasteiger partial charge is 0.146 e. The van der Waals surface area contributed by atoms with Crippen molar-refractivity contribution >= 4 is 21.7 Å². The van der Waals surface area contributed by atoms with E-state index in [1.807, 2.05) is 6.20 Å². The van der Waals surface area contributed by atoms with Gasteiger partial charge in [-0.05, 0) is 47.5 Å². The van der Waals surface area contributed by atoms with Crippen LogP contribution in [0.4, 0.5) is 5.82 Å². The third kappa shape index (κ3) is 2.40. The second-order valence-corrected chi connectivity index (χ2v) is 6.35. The molecule has 0 bridgehead atoms. The summed E-state index contributed by atoms with van der Waals surface area (Å²) in [4.78, 5) is 11.1. The van der Waals surface area contributed by atoms with Crippen molar-refractivity contribution < 1.29 is 0 Å². The van der Waals surface area contributed by atoms with E-state index in [1.165, 1.54) is 44.9 Å². The van der Waals surface area contributed by atoms with Gasteiger partial charge >= 0.3 is 0 Å². The minimum absolute atomic E-state index is 0.701. The van der Waals surface area contributed by atoms with Crippen molar-refractivity contribution in [3.8, 4) is 0 Å². The molecule has 2 heterocycles. The lowest BCUT2D eigenvalue weighted by Crippen LogP contribution is -2.42. The number of halogens is 1. The molecular weight excluding hydrogens is 290 g/mol. The monoisotopic (exact) mass is 309 g/mol. The first-order valence-electron chi connectivity index (χ1n) is 7.08. The number of anilines is 1. The van der Waals surface area contributed by atoms with Crippen molar-refractivity contribution in [2.75, 3.05) is 11.4 Å². The van der Waals surface area contributed by atoms with Crippen molar-refractivity contribution in [3.05, 3.63) is 17.0 Å². The highest BCUT2D eigenvalue weighted by atomic mass is 79.9. The molecule has 0 amide bonds. The fraction of sp³-hybridized carbons (Fsp3) is 0.714. The van der Waals surface area contributed by atoms with Gasteiger partial charge in [0.1, 0.15) is 12.1 Å². The molecule has 0 spiro atoms. The number of aromatic nitrogens is 2. The summed E-state index contributed by atoms with van der Waals surface area (Å²) in [6.07, 6.45) is 13.1. The van der Waals surface area contributed by atoms with E-state index in [2.05, 4.69) is 30.8 Å². The van der Waals surface area contributed by atoms with Gasteiger partial charge in [-0.2, -0.15) is 0 Å². The molecule has 1 saturated heterocycles. The number of nitrogens with zero attached hydrogens (tertiary/aromatic N) is 3. The van der Waals surface area contributed by atoms with Crippen LogP contribution in [0.15, 0.2) is 17.0 Å². The second kappa shape index (κ2) is 5.55. The molecule has 1 aromatic heterocycles. The summed E-state index contributed by atoms with van der Waals surface area (Å²) in [6, 6.07) is 0.701. The normalized spacial score (nSPS) is 28.6. The van der Waals surface area contributed by atoms with Gasteiger partial charge in [-0.15, -0.1) is 0 Å². The molecule has 2 aliphatic rings. The van der Waals surface area contributed by atoms with Gasteiger partial charge in [0.25, 0.3) is 0 Å². The number of hydrogen-bond donors (Lipinski definition) is 0. The van der Waals surface area contributed by atoms with Gasteiger partial charge in [0, 0.05) is 18.8 Å². The van der Waals surface area contributed by atoms with E-state index >= 15 is 0 Å². The topological polar surface area (TPSA) is 29.0 Å². The van der Waals surface area contributed by atoms with Crippen molar-refractivity contribution in [2.24, 2.45) is 5.92 Å². The fourth-order valence-corrected chi connectivity index (χ4v) is 4.02. The van der Waals surface area contributed by atoms with Gasteiger partial charge in [-0.1, -0.05) is 19.3 Å². The molecule has 3 rings (SSSR count). The van der Waals surface area contributed by atoms with E-state index in [4.69, 9.17) is 0 Å². The summed E-state index contributed by atoms with van der Waals surface area (Å²) in [7, 11) is 0. The van der Waals surface area contributed by atoms with Gasteiger partial charge in [0.15, 0.2) is 0 Å². The molecule has 0 unspecified atom stereocenters. The molecule has 0 aromatic carbocycles. The molecular formula is C14H20BrN3. The second-order valence-electron chi connectivity index (χ2n) is 5.50. The predicted octanol–water partition coefficient (Wildman–Crippen LogP) is 3.79. The van der Waals surface area contributed by atoms with Crippen LogP contribution < -0.4 is 4.90 Å². The zero-order chi connectivity index (χ0) is 12.4. The van der Waals surface area contributed by atoms with Crippen molar-refractivity contribution in [2.45, 2.75) is 51.0 Å². The molecule has 2 fully saturated rings. The van der Waals surface area contributed by atoms with Crippen LogP contribution in [0.2, 0.25) is 0 Å². The number of fused-ring (bicyclic) bond motifs is 1. The molecule has 0 radical (unpaired) electrons. The van der Waals surface area contributed by atoms with E-state index < -0.39 is 0 Å². The Balaban J connectivity index is 1.90. The molecule has 1 aliphatic heterocycles. The highest BCUT2D eigenvalue weighted by molar-refractivity contribution is 9.10. The highest BCUT2D eigenvalue weighted by Gasteiger charge is 2.33. The van der Waals surface area contributed by atoms with Crippen LogP contribution in [-0.2, 0) is 0 Å². The molecule has 1 aliphatic carbocycles. The highest BCUT2D eigenvalue weighted by Crippen LogP contribution is 2.37. The first-order valence-corrected chi connectivity index (χ1v) is 7.87. The zero-order valence-electron chi connectivity index (χ0n) is 10.7. The molecule has 1 saturated carbocycles. The van der Waals surface area contributed by atoms with Gasteiger partial charge in [0.05, 0.1) is 4.47 Å². The molecule has 2 atom stereocenters. The summed E-state index contributed by atoms with van der Waals surface area (Å²) in [5.74, 6) is 1.98.